The number of unbranched alkanes of at least 4 members (excludes halogenated alkanes) is 11. The van der Waals surface area contributed by atoms with Crippen LogP contribution in [0.2, 0.25) is 0 Å². The van der Waals surface area contributed by atoms with Gasteiger partial charge in [0.15, 0.2) is 0 Å². The summed E-state index contributed by atoms with van der Waals surface area (Å²) in [6, 6.07) is 0.894. The average Bonchev–Trinajstić information content (AvgIpc) is 2.57. The molecule has 3 aliphatic heterocycles. The molecule has 1 atom stereocenters. The van der Waals surface area contributed by atoms with Crippen LogP contribution in [0.15, 0.2) is 0 Å². The van der Waals surface area contributed by atoms with Crippen molar-refractivity contribution in [3.8, 4) is 0 Å². The lowest BCUT2D eigenvalue weighted by Gasteiger charge is -2.47. The molecule has 0 aliphatic carbocycles. The van der Waals surface area contributed by atoms with Crippen LogP contribution >= 0.6 is 0 Å². The van der Waals surface area contributed by atoms with E-state index < -0.39 is 0 Å². The highest BCUT2D eigenvalue weighted by Crippen LogP contribution is 2.20. The zero-order valence-corrected chi connectivity index (χ0v) is 15.2. The Labute approximate surface area is 139 Å². The summed E-state index contributed by atoms with van der Waals surface area (Å²) >= 11 is 0. The molecular formula is C20H40N2. The van der Waals surface area contributed by atoms with E-state index in [0.717, 1.165) is 6.04 Å². The number of nitrogens with zero attached hydrogens (tertiary/aromatic N) is 2. The Hall–Kier alpha value is -0.0800. The van der Waals surface area contributed by atoms with Crippen LogP contribution in [0.4, 0.5) is 0 Å². The van der Waals surface area contributed by atoms with E-state index in [4.69, 9.17) is 0 Å². The van der Waals surface area contributed by atoms with Crippen LogP contribution < -0.4 is 0 Å². The number of hydrogen-bond acceptors (Lipinski definition) is 2. The van der Waals surface area contributed by atoms with E-state index in [1.165, 1.54) is 116 Å². The van der Waals surface area contributed by atoms with Crippen molar-refractivity contribution >= 4 is 0 Å². The number of rotatable bonds is 13. The summed E-state index contributed by atoms with van der Waals surface area (Å²) in [7, 11) is 0. The second kappa shape index (κ2) is 11.5. The van der Waals surface area contributed by atoms with E-state index in [0.29, 0.717) is 0 Å². The lowest BCUT2D eigenvalue weighted by molar-refractivity contribution is 0.00885. The number of fused-ring (bicyclic) bond motifs is 3. The minimum atomic E-state index is 0.894. The van der Waals surface area contributed by atoms with Crippen LogP contribution in [0.5, 0.6) is 0 Å². The predicted molar refractivity (Wildman–Crippen MR) is 97.5 cm³/mol. The maximum atomic E-state index is 2.75. The third kappa shape index (κ3) is 7.00. The molecule has 1 unspecified atom stereocenters. The molecule has 22 heavy (non-hydrogen) atoms. The molecule has 2 heteroatoms. The first-order chi connectivity index (χ1) is 10.9. The second-order valence-corrected chi connectivity index (χ2v) is 7.67. The zero-order chi connectivity index (χ0) is 15.5. The van der Waals surface area contributed by atoms with Gasteiger partial charge in [0.2, 0.25) is 0 Å². The minimum Gasteiger partial charge on any atom is -0.299 e. The fourth-order valence-corrected chi connectivity index (χ4v) is 4.22. The van der Waals surface area contributed by atoms with Crippen molar-refractivity contribution in [2.45, 2.75) is 96.4 Å². The molecule has 0 aromatic rings. The maximum absolute atomic E-state index is 2.75. The SMILES string of the molecule is CCCCCCCCCCCCCCC1CN2CCN1CC2. The first-order valence-electron chi connectivity index (χ1n) is 10.4. The van der Waals surface area contributed by atoms with Crippen molar-refractivity contribution in [2.75, 3.05) is 32.7 Å². The highest BCUT2D eigenvalue weighted by molar-refractivity contribution is 4.87. The predicted octanol–water partition coefficient (Wildman–Crippen LogP) is 5.08. The lowest BCUT2D eigenvalue weighted by atomic mass is 10.00. The molecule has 130 valence electrons. The molecular weight excluding hydrogens is 268 g/mol. The van der Waals surface area contributed by atoms with Gasteiger partial charge in [-0.1, -0.05) is 84.0 Å². The van der Waals surface area contributed by atoms with Gasteiger partial charge < -0.3 is 0 Å². The van der Waals surface area contributed by atoms with Crippen LogP contribution in [0, 0.1) is 0 Å². The highest BCUT2D eigenvalue weighted by atomic mass is 15.3. The zero-order valence-electron chi connectivity index (χ0n) is 15.2. The monoisotopic (exact) mass is 308 g/mol. The Morgan fingerprint density at radius 3 is 1.59 bits per heavy atom. The van der Waals surface area contributed by atoms with Gasteiger partial charge in [-0.2, -0.15) is 0 Å². The molecule has 0 spiro atoms. The van der Waals surface area contributed by atoms with E-state index in [1.807, 2.05) is 0 Å². The van der Waals surface area contributed by atoms with Gasteiger partial charge in [-0.15, -0.1) is 0 Å². The van der Waals surface area contributed by atoms with Crippen molar-refractivity contribution in [3.05, 3.63) is 0 Å². The second-order valence-electron chi connectivity index (χ2n) is 7.67. The summed E-state index contributed by atoms with van der Waals surface area (Å²) in [4.78, 5) is 5.42. The third-order valence-electron chi connectivity index (χ3n) is 5.78. The molecule has 3 fully saturated rings. The molecule has 0 amide bonds. The maximum Gasteiger partial charge on any atom is 0.0224 e. The van der Waals surface area contributed by atoms with Crippen molar-refractivity contribution in [1.29, 1.82) is 0 Å². The fraction of sp³-hybridized carbons (Fsp3) is 1.00. The van der Waals surface area contributed by atoms with Crippen LogP contribution in [0.25, 0.3) is 0 Å². The molecule has 0 saturated carbocycles. The normalized spacial score (nSPS) is 27.4. The molecule has 0 aromatic heterocycles. The van der Waals surface area contributed by atoms with E-state index in [-0.39, 0.29) is 0 Å². The summed E-state index contributed by atoms with van der Waals surface area (Å²) in [5, 5.41) is 0. The lowest BCUT2D eigenvalue weighted by Crippen LogP contribution is -2.60. The van der Waals surface area contributed by atoms with E-state index >= 15 is 0 Å². The molecule has 0 aromatic carbocycles. The average molecular weight is 309 g/mol. The van der Waals surface area contributed by atoms with Crippen LogP contribution in [0.1, 0.15) is 90.4 Å². The molecule has 3 aliphatic rings. The Kier molecular flexibility index (Phi) is 9.51. The molecule has 2 bridgehead atoms. The van der Waals surface area contributed by atoms with E-state index in [9.17, 15) is 0 Å². The first kappa shape index (κ1) is 18.3. The van der Waals surface area contributed by atoms with Crippen molar-refractivity contribution in [3.63, 3.8) is 0 Å². The van der Waals surface area contributed by atoms with Gasteiger partial charge in [-0.25, -0.2) is 0 Å². The summed E-state index contributed by atoms with van der Waals surface area (Å²) in [5.41, 5.74) is 0. The van der Waals surface area contributed by atoms with Gasteiger partial charge in [0.25, 0.3) is 0 Å². The largest absolute Gasteiger partial charge is 0.299 e. The van der Waals surface area contributed by atoms with Crippen LogP contribution in [0.3, 0.4) is 0 Å². The third-order valence-corrected chi connectivity index (χ3v) is 5.78. The van der Waals surface area contributed by atoms with E-state index in [2.05, 4.69) is 16.7 Å². The van der Waals surface area contributed by atoms with Crippen molar-refractivity contribution in [1.82, 2.24) is 9.80 Å². The molecule has 3 heterocycles. The van der Waals surface area contributed by atoms with Crippen molar-refractivity contribution in [2.24, 2.45) is 0 Å². The van der Waals surface area contributed by atoms with Gasteiger partial charge >= 0.3 is 0 Å². The number of hydrogen-bond donors (Lipinski definition) is 0. The smallest absolute Gasteiger partial charge is 0.0224 e. The summed E-state index contributed by atoms with van der Waals surface area (Å²) in [6.45, 7) is 8.99. The molecule has 2 nitrogen and oxygen atoms in total. The van der Waals surface area contributed by atoms with Crippen molar-refractivity contribution < 1.29 is 0 Å². The van der Waals surface area contributed by atoms with Gasteiger partial charge in [-0.05, 0) is 6.42 Å². The van der Waals surface area contributed by atoms with Gasteiger partial charge in [-0.3, -0.25) is 9.80 Å². The van der Waals surface area contributed by atoms with Crippen LogP contribution in [-0.2, 0) is 0 Å². The van der Waals surface area contributed by atoms with Gasteiger partial charge in [0, 0.05) is 38.8 Å². The summed E-state index contributed by atoms with van der Waals surface area (Å²) in [5.74, 6) is 0. The molecule has 3 saturated heterocycles. The topological polar surface area (TPSA) is 6.48 Å². The number of piperazine rings is 3. The van der Waals surface area contributed by atoms with E-state index in [1.54, 1.807) is 0 Å². The summed E-state index contributed by atoms with van der Waals surface area (Å²) in [6.07, 6.45) is 19.0. The fourth-order valence-electron chi connectivity index (χ4n) is 4.22. The van der Waals surface area contributed by atoms with Gasteiger partial charge in [0.05, 0.1) is 0 Å². The van der Waals surface area contributed by atoms with Crippen LogP contribution in [-0.4, -0.2) is 48.6 Å². The van der Waals surface area contributed by atoms with Gasteiger partial charge in [0.1, 0.15) is 0 Å². The quantitative estimate of drug-likeness (QED) is 0.438. The molecule has 0 N–H and O–H groups in total. The Morgan fingerprint density at radius 1 is 0.636 bits per heavy atom. The Balaban J connectivity index is 1.32. The minimum absolute atomic E-state index is 0.894. The standard InChI is InChI=1S/C20H40N2/c1-2-3-4-5-6-7-8-9-10-11-12-13-14-20-19-21-15-17-22(20)18-16-21/h20H,2-19H2,1H3. The molecule has 3 rings (SSSR count). The Bertz CT molecular complexity index is 258. The summed E-state index contributed by atoms with van der Waals surface area (Å²) < 4.78 is 0. The highest BCUT2D eigenvalue weighted by Gasteiger charge is 2.30. The molecule has 0 radical (unpaired) electrons. The first-order valence-corrected chi connectivity index (χ1v) is 10.4. The Morgan fingerprint density at radius 2 is 1.14 bits per heavy atom.